The summed E-state index contributed by atoms with van der Waals surface area (Å²) in [6, 6.07) is 19.7. The molecule has 4 aromatic carbocycles. The first kappa shape index (κ1) is 14.0. The topological polar surface area (TPSA) is 20.2 Å². The monoisotopic (exact) mass is 298 g/mol. The van der Waals surface area contributed by atoms with Crippen molar-refractivity contribution in [1.29, 1.82) is 0 Å². The Hall–Kier alpha value is -2.64. The maximum Gasteiger partial charge on any atom is 0.0617 e. The van der Waals surface area contributed by atoms with Gasteiger partial charge in [0.05, 0.1) is 6.61 Å². The molecule has 0 aromatic heterocycles. The van der Waals surface area contributed by atoms with Gasteiger partial charge in [0.2, 0.25) is 0 Å². The second-order valence-electron chi connectivity index (χ2n) is 5.97. The first-order chi connectivity index (χ1) is 11.3. The van der Waals surface area contributed by atoms with Crippen molar-refractivity contribution in [1.82, 2.24) is 0 Å². The Morgan fingerprint density at radius 2 is 1.52 bits per heavy atom. The fourth-order valence-corrected chi connectivity index (χ4v) is 3.34. The molecule has 0 heterocycles. The number of benzene rings is 4. The molecule has 1 N–H and O–H groups in total. The van der Waals surface area contributed by atoms with Gasteiger partial charge in [-0.15, -0.1) is 0 Å². The zero-order chi connectivity index (χ0) is 15.8. The number of rotatable bonds is 3. The Kier molecular flexibility index (Phi) is 3.36. The van der Waals surface area contributed by atoms with Gasteiger partial charge in [-0.2, -0.15) is 0 Å². The predicted octanol–water partition coefficient (Wildman–Crippen LogP) is 5.54. The fraction of sp³-hybridized carbons (Fsp3) is 0.0909. The number of hydrogen-bond acceptors (Lipinski definition) is 1. The molecule has 23 heavy (non-hydrogen) atoms. The molecular formula is C22H18O. The highest BCUT2D eigenvalue weighted by Crippen LogP contribution is 2.36. The van der Waals surface area contributed by atoms with E-state index in [-0.39, 0.29) is 6.61 Å². The van der Waals surface area contributed by atoms with Crippen molar-refractivity contribution in [3.8, 4) is 0 Å². The summed E-state index contributed by atoms with van der Waals surface area (Å²) in [5.74, 6) is 0. The number of allylic oxidation sites excluding steroid dienone is 2. The van der Waals surface area contributed by atoms with E-state index in [9.17, 15) is 0 Å². The summed E-state index contributed by atoms with van der Waals surface area (Å²) in [6.07, 6.45) is 6.00. The van der Waals surface area contributed by atoms with E-state index in [1.807, 2.05) is 13.0 Å². The molecule has 1 heteroatoms. The zero-order valence-electron chi connectivity index (χ0n) is 13.1. The molecular weight excluding hydrogens is 280 g/mol. The third-order valence-corrected chi connectivity index (χ3v) is 4.50. The van der Waals surface area contributed by atoms with Gasteiger partial charge in [0.15, 0.2) is 0 Å². The molecule has 4 rings (SSSR count). The van der Waals surface area contributed by atoms with E-state index in [0.29, 0.717) is 0 Å². The van der Waals surface area contributed by atoms with Crippen LogP contribution < -0.4 is 0 Å². The fourth-order valence-electron chi connectivity index (χ4n) is 3.34. The quantitative estimate of drug-likeness (QED) is 0.389. The minimum absolute atomic E-state index is 0.0780. The molecule has 0 saturated carbocycles. The van der Waals surface area contributed by atoms with Crippen molar-refractivity contribution in [2.45, 2.75) is 6.92 Å². The minimum atomic E-state index is 0.0780. The normalized spacial score (nSPS) is 13.0. The van der Waals surface area contributed by atoms with Crippen LogP contribution in [0, 0.1) is 0 Å². The van der Waals surface area contributed by atoms with E-state index in [4.69, 9.17) is 5.11 Å². The molecule has 0 spiro atoms. The zero-order valence-corrected chi connectivity index (χ0v) is 13.1. The van der Waals surface area contributed by atoms with Crippen LogP contribution in [-0.2, 0) is 0 Å². The summed E-state index contributed by atoms with van der Waals surface area (Å²) in [5, 5.41) is 16.8. The number of aliphatic hydroxyl groups excluding tert-OH is 1. The molecule has 0 amide bonds. The highest BCUT2D eigenvalue weighted by Gasteiger charge is 2.09. The Balaban J connectivity index is 2.02. The van der Waals surface area contributed by atoms with Crippen molar-refractivity contribution >= 4 is 38.4 Å². The van der Waals surface area contributed by atoms with E-state index in [0.717, 1.165) is 5.57 Å². The van der Waals surface area contributed by atoms with Gasteiger partial charge in [0, 0.05) is 0 Å². The lowest BCUT2D eigenvalue weighted by atomic mass is 9.92. The molecule has 0 aliphatic carbocycles. The van der Waals surface area contributed by atoms with Crippen LogP contribution in [0.3, 0.4) is 0 Å². The SMILES string of the molecule is CC(/C=C/c1ccc2ccc3cccc4ccc1c2c34)=C\CO. The van der Waals surface area contributed by atoms with Gasteiger partial charge in [-0.3, -0.25) is 0 Å². The first-order valence-corrected chi connectivity index (χ1v) is 7.90. The standard InChI is InChI=1S/C22H18O/c1-15(13-14-23)5-6-16-7-8-19-10-9-17-3-2-4-18-11-12-20(16)22(19)21(17)18/h2-13,23H,14H2,1H3/b6-5+,15-13+. The maximum absolute atomic E-state index is 8.98. The summed E-state index contributed by atoms with van der Waals surface area (Å²) in [7, 11) is 0. The van der Waals surface area contributed by atoms with Gasteiger partial charge in [0.1, 0.15) is 0 Å². The van der Waals surface area contributed by atoms with Crippen LogP contribution in [0.15, 0.2) is 72.3 Å². The predicted molar refractivity (Wildman–Crippen MR) is 100 cm³/mol. The lowest BCUT2D eigenvalue weighted by Gasteiger charge is -2.12. The molecule has 0 radical (unpaired) electrons. The van der Waals surface area contributed by atoms with E-state index >= 15 is 0 Å². The second kappa shape index (κ2) is 5.53. The molecule has 0 saturated heterocycles. The van der Waals surface area contributed by atoms with Crippen molar-refractivity contribution in [3.63, 3.8) is 0 Å². The van der Waals surface area contributed by atoms with E-state index in [1.165, 1.54) is 37.9 Å². The summed E-state index contributed by atoms with van der Waals surface area (Å²) >= 11 is 0. The summed E-state index contributed by atoms with van der Waals surface area (Å²) < 4.78 is 0. The van der Waals surface area contributed by atoms with Gasteiger partial charge in [-0.05, 0) is 44.8 Å². The summed E-state index contributed by atoms with van der Waals surface area (Å²) in [4.78, 5) is 0. The molecule has 112 valence electrons. The van der Waals surface area contributed by atoms with Gasteiger partial charge < -0.3 is 5.11 Å². The average Bonchev–Trinajstić information content (AvgIpc) is 2.58. The third-order valence-electron chi connectivity index (χ3n) is 4.50. The molecule has 0 aliphatic rings. The molecule has 4 aromatic rings. The summed E-state index contributed by atoms with van der Waals surface area (Å²) in [6.45, 7) is 2.08. The van der Waals surface area contributed by atoms with Gasteiger partial charge in [-0.25, -0.2) is 0 Å². The lowest BCUT2D eigenvalue weighted by Crippen LogP contribution is -1.86. The van der Waals surface area contributed by atoms with E-state index in [2.05, 4.69) is 66.7 Å². The Labute approximate surface area is 135 Å². The van der Waals surface area contributed by atoms with Gasteiger partial charge in [-0.1, -0.05) is 78.4 Å². The Morgan fingerprint density at radius 1 is 0.870 bits per heavy atom. The van der Waals surface area contributed by atoms with Crippen molar-refractivity contribution < 1.29 is 5.11 Å². The van der Waals surface area contributed by atoms with Gasteiger partial charge >= 0.3 is 0 Å². The average molecular weight is 298 g/mol. The first-order valence-electron chi connectivity index (χ1n) is 7.90. The van der Waals surface area contributed by atoms with Crippen LogP contribution in [0.1, 0.15) is 12.5 Å². The second-order valence-corrected chi connectivity index (χ2v) is 5.97. The van der Waals surface area contributed by atoms with Crippen LogP contribution >= 0.6 is 0 Å². The van der Waals surface area contributed by atoms with E-state index in [1.54, 1.807) is 0 Å². The van der Waals surface area contributed by atoms with Crippen LogP contribution in [0.25, 0.3) is 38.4 Å². The molecule has 0 unspecified atom stereocenters. The van der Waals surface area contributed by atoms with Crippen molar-refractivity contribution in [2.24, 2.45) is 0 Å². The molecule has 0 fully saturated rings. The Morgan fingerprint density at radius 3 is 2.26 bits per heavy atom. The molecule has 0 aliphatic heterocycles. The molecule has 0 atom stereocenters. The molecule has 0 bridgehead atoms. The highest BCUT2D eigenvalue weighted by molar-refractivity contribution is 6.24. The van der Waals surface area contributed by atoms with Crippen LogP contribution in [0.2, 0.25) is 0 Å². The largest absolute Gasteiger partial charge is 0.392 e. The van der Waals surface area contributed by atoms with Gasteiger partial charge in [0.25, 0.3) is 0 Å². The summed E-state index contributed by atoms with van der Waals surface area (Å²) in [5.41, 5.74) is 2.28. The van der Waals surface area contributed by atoms with Crippen molar-refractivity contribution in [2.75, 3.05) is 6.61 Å². The molecule has 1 nitrogen and oxygen atoms in total. The Bertz CT molecular complexity index is 1040. The minimum Gasteiger partial charge on any atom is -0.392 e. The van der Waals surface area contributed by atoms with Crippen LogP contribution in [-0.4, -0.2) is 11.7 Å². The number of aliphatic hydroxyl groups is 1. The van der Waals surface area contributed by atoms with Crippen molar-refractivity contribution in [3.05, 3.63) is 77.9 Å². The number of hydrogen-bond donors (Lipinski definition) is 1. The van der Waals surface area contributed by atoms with Crippen LogP contribution in [0.4, 0.5) is 0 Å². The highest BCUT2D eigenvalue weighted by atomic mass is 16.2. The van der Waals surface area contributed by atoms with Crippen LogP contribution in [0.5, 0.6) is 0 Å². The van der Waals surface area contributed by atoms with E-state index < -0.39 is 0 Å². The smallest absolute Gasteiger partial charge is 0.0617 e. The maximum atomic E-state index is 8.98. The lowest BCUT2D eigenvalue weighted by molar-refractivity contribution is 0.342. The third kappa shape index (κ3) is 2.30.